The summed E-state index contributed by atoms with van der Waals surface area (Å²) in [7, 11) is 0. The zero-order valence-electron chi connectivity index (χ0n) is 17.3. The van der Waals surface area contributed by atoms with Crippen LogP contribution in [0.2, 0.25) is 5.02 Å². The average molecular weight is 444 g/mol. The van der Waals surface area contributed by atoms with E-state index in [1.807, 2.05) is 13.8 Å². The van der Waals surface area contributed by atoms with Crippen molar-refractivity contribution in [2.24, 2.45) is 5.92 Å². The normalized spacial score (nSPS) is 16.1. The molecule has 1 atom stereocenters. The van der Waals surface area contributed by atoms with Crippen molar-refractivity contribution < 1.29 is 19.1 Å². The first kappa shape index (κ1) is 22.6. The molecule has 2 amide bonds. The second-order valence-electron chi connectivity index (χ2n) is 8.43. The largest absolute Gasteiger partial charge is 0.465 e. The van der Waals surface area contributed by atoms with Crippen LogP contribution in [0, 0.1) is 23.1 Å². The lowest BCUT2D eigenvalue weighted by Crippen LogP contribution is -2.44. The van der Waals surface area contributed by atoms with Gasteiger partial charge in [0.15, 0.2) is 0 Å². The molecule has 162 valence electrons. The molecule has 0 bridgehead atoms. The Morgan fingerprint density at radius 1 is 1.32 bits per heavy atom. The highest BCUT2D eigenvalue weighted by Crippen LogP contribution is 2.32. The third kappa shape index (κ3) is 5.33. The third-order valence-electron chi connectivity index (χ3n) is 5.43. The molecule has 1 heterocycles. The highest BCUT2D eigenvalue weighted by Gasteiger charge is 2.32. The summed E-state index contributed by atoms with van der Waals surface area (Å²) in [5, 5.41) is 20.8. The summed E-state index contributed by atoms with van der Waals surface area (Å²) in [6.07, 6.45) is 0.348. The molecule has 0 aromatic heterocycles. The second-order valence-corrected chi connectivity index (χ2v) is 8.83. The number of carbonyl (C=O) groups is 2. The highest BCUT2D eigenvalue weighted by atomic mass is 35.5. The Balaban J connectivity index is 1.76. The lowest BCUT2D eigenvalue weighted by atomic mass is 9.90. The Morgan fingerprint density at radius 3 is 2.71 bits per heavy atom. The Kier molecular flexibility index (Phi) is 6.51. The molecule has 1 aliphatic rings. The van der Waals surface area contributed by atoms with Crippen LogP contribution in [-0.2, 0) is 0 Å². The van der Waals surface area contributed by atoms with Gasteiger partial charge in [0.1, 0.15) is 11.9 Å². The smallest absolute Gasteiger partial charge is 0.405 e. The number of carbonyl (C=O) groups excluding carboxylic acids is 1. The van der Waals surface area contributed by atoms with Gasteiger partial charge in [-0.05, 0) is 68.5 Å². The summed E-state index contributed by atoms with van der Waals surface area (Å²) in [6.45, 7) is 4.77. The number of hydrogen-bond donors (Lipinski definition) is 2. The van der Waals surface area contributed by atoms with Gasteiger partial charge in [-0.1, -0.05) is 17.7 Å². The minimum atomic E-state index is -1.07. The van der Waals surface area contributed by atoms with Crippen molar-refractivity contribution in [3.63, 3.8) is 0 Å². The van der Waals surface area contributed by atoms with Crippen molar-refractivity contribution in [1.82, 2.24) is 10.2 Å². The number of halogens is 2. The summed E-state index contributed by atoms with van der Waals surface area (Å²) in [5.74, 6) is -0.614. The van der Waals surface area contributed by atoms with Crippen molar-refractivity contribution in [1.29, 1.82) is 5.26 Å². The molecular weight excluding hydrogens is 421 g/mol. The van der Waals surface area contributed by atoms with Gasteiger partial charge in [-0.25, -0.2) is 9.18 Å². The zero-order valence-corrected chi connectivity index (χ0v) is 18.0. The fraction of sp³-hybridized carbons (Fsp3) is 0.348. The van der Waals surface area contributed by atoms with Crippen molar-refractivity contribution >= 4 is 23.6 Å². The molecule has 0 unspecified atom stereocenters. The van der Waals surface area contributed by atoms with E-state index in [2.05, 4.69) is 5.32 Å². The first-order chi connectivity index (χ1) is 14.6. The Labute approximate surface area is 185 Å². The van der Waals surface area contributed by atoms with Crippen molar-refractivity contribution in [2.45, 2.75) is 32.2 Å². The van der Waals surface area contributed by atoms with Gasteiger partial charge in [0.25, 0.3) is 5.91 Å². The maximum Gasteiger partial charge on any atom is 0.405 e. The van der Waals surface area contributed by atoms with E-state index in [9.17, 15) is 14.0 Å². The van der Waals surface area contributed by atoms with Gasteiger partial charge >= 0.3 is 6.09 Å². The minimum absolute atomic E-state index is 0.0597. The predicted octanol–water partition coefficient (Wildman–Crippen LogP) is 4.92. The number of rotatable bonds is 5. The standard InChI is InChI=1S/C23H23ClFN3O3/c1-23(2,27-22(30)31)11-14-7-8-28(13-14)21(29)16-5-6-19(24)18(9-16)15-3-4-17(12-26)20(25)10-15/h3-6,9-10,14,27H,7-8,11,13H2,1-2H3,(H,30,31)/t14-/m0/s1. The third-order valence-corrected chi connectivity index (χ3v) is 5.76. The van der Waals surface area contributed by atoms with Crippen LogP contribution < -0.4 is 5.32 Å². The summed E-state index contributed by atoms with van der Waals surface area (Å²) < 4.78 is 14.0. The summed E-state index contributed by atoms with van der Waals surface area (Å²) in [6, 6.07) is 10.9. The van der Waals surface area contributed by atoms with Crippen LogP contribution in [-0.4, -0.2) is 40.6 Å². The number of nitrogens with zero attached hydrogens (tertiary/aromatic N) is 2. The molecule has 2 aromatic rings. The van der Waals surface area contributed by atoms with Gasteiger partial charge in [-0.15, -0.1) is 0 Å². The van der Waals surface area contributed by atoms with E-state index < -0.39 is 17.4 Å². The van der Waals surface area contributed by atoms with Crippen LogP contribution in [0.3, 0.4) is 0 Å². The number of hydrogen-bond acceptors (Lipinski definition) is 3. The molecule has 2 N–H and O–H groups in total. The van der Waals surface area contributed by atoms with E-state index in [0.717, 1.165) is 6.42 Å². The van der Waals surface area contributed by atoms with Crippen molar-refractivity contribution in [3.05, 3.63) is 58.4 Å². The van der Waals surface area contributed by atoms with Crippen molar-refractivity contribution in [3.8, 4) is 17.2 Å². The molecule has 0 radical (unpaired) electrons. The summed E-state index contributed by atoms with van der Waals surface area (Å²) in [4.78, 5) is 25.8. The average Bonchev–Trinajstić information content (AvgIpc) is 3.14. The fourth-order valence-corrected chi connectivity index (χ4v) is 4.31. The van der Waals surface area contributed by atoms with Crippen LogP contribution in [0.5, 0.6) is 0 Å². The minimum Gasteiger partial charge on any atom is -0.465 e. The van der Waals surface area contributed by atoms with E-state index in [4.69, 9.17) is 22.0 Å². The van der Waals surface area contributed by atoms with Gasteiger partial charge in [0.05, 0.1) is 5.56 Å². The SMILES string of the molecule is CC(C)(C[C@@H]1CCN(C(=O)c2ccc(Cl)c(-c3ccc(C#N)c(F)c3)c2)C1)NC(=O)O. The molecule has 6 nitrogen and oxygen atoms in total. The number of nitrogens with one attached hydrogen (secondary N) is 1. The monoisotopic (exact) mass is 443 g/mol. The van der Waals surface area contributed by atoms with Gasteiger partial charge in [-0.2, -0.15) is 5.26 Å². The van der Waals surface area contributed by atoms with Gasteiger partial charge in [0, 0.05) is 34.8 Å². The molecule has 1 fully saturated rings. The van der Waals surface area contributed by atoms with Crippen molar-refractivity contribution in [2.75, 3.05) is 13.1 Å². The van der Waals surface area contributed by atoms with Crippen LogP contribution in [0.15, 0.2) is 36.4 Å². The molecule has 0 saturated carbocycles. The Morgan fingerprint density at radius 2 is 2.06 bits per heavy atom. The molecule has 0 aliphatic carbocycles. The van der Waals surface area contributed by atoms with Gasteiger partial charge in [0.2, 0.25) is 0 Å². The molecule has 1 aliphatic heterocycles. The molecule has 2 aromatic carbocycles. The number of benzene rings is 2. The number of likely N-dealkylation sites (tertiary alicyclic amines) is 1. The summed E-state index contributed by atoms with van der Waals surface area (Å²) >= 11 is 6.29. The van der Waals surface area contributed by atoms with Crippen LogP contribution >= 0.6 is 11.6 Å². The Hall–Kier alpha value is -3.11. The van der Waals surface area contributed by atoms with E-state index >= 15 is 0 Å². The molecule has 0 spiro atoms. The molecule has 3 rings (SSSR count). The van der Waals surface area contributed by atoms with E-state index in [1.165, 1.54) is 12.1 Å². The first-order valence-electron chi connectivity index (χ1n) is 9.89. The first-order valence-corrected chi connectivity index (χ1v) is 10.3. The van der Waals surface area contributed by atoms with E-state index in [0.29, 0.717) is 41.2 Å². The van der Waals surface area contributed by atoms with E-state index in [1.54, 1.807) is 35.2 Å². The number of amides is 2. The van der Waals surface area contributed by atoms with Gasteiger partial charge in [-0.3, -0.25) is 4.79 Å². The highest BCUT2D eigenvalue weighted by molar-refractivity contribution is 6.33. The maximum atomic E-state index is 14.0. The number of carboxylic acid groups (broad SMARTS) is 1. The van der Waals surface area contributed by atoms with Crippen LogP contribution in [0.25, 0.3) is 11.1 Å². The second kappa shape index (κ2) is 8.94. The van der Waals surface area contributed by atoms with Crippen LogP contribution in [0.1, 0.15) is 42.6 Å². The molecule has 31 heavy (non-hydrogen) atoms. The van der Waals surface area contributed by atoms with E-state index in [-0.39, 0.29) is 17.4 Å². The predicted molar refractivity (Wildman–Crippen MR) is 115 cm³/mol. The molecule has 8 heteroatoms. The molecular formula is C23H23ClFN3O3. The molecule has 1 saturated heterocycles. The lowest BCUT2D eigenvalue weighted by Gasteiger charge is -2.27. The zero-order chi connectivity index (χ0) is 22.8. The summed E-state index contributed by atoms with van der Waals surface area (Å²) in [5.41, 5.74) is 0.793. The quantitative estimate of drug-likeness (QED) is 0.686. The maximum absolute atomic E-state index is 14.0. The van der Waals surface area contributed by atoms with Gasteiger partial charge < -0.3 is 15.3 Å². The topological polar surface area (TPSA) is 93.4 Å². The fourth-order valence-electron chi connectivity index (χ4n) is 4.08. The van der Waals surface area contributed by atoms with Crippen LogP contribution in [0.4, 0.5) is 9.18 Å². The Bertz CT molecular complexity index is 1060. The lowest BCUT2D eigenvalue weighted by molar-refractivity contribution is 0.0783. The number of nitriles is 1.